The van der Waals surface area contributed by atoms with Crippen LogP contribution in [0.25, 0.3) is 0 Å². The maximum atomic E-state index is 11.3. The molecule has 0 heterocycles. The molecule has 0 aliphatic heterocycles. The van der Waals surface area contributed by atoms with Crippen molar-refractivity contribution < 1.29 is 9.22 Å². The third kappa shape index (κ3) is 11.4. The normalized spacial score (nSPS) is 12.0. The van der Waals surface area contributed by atoms with Gasteiger partial charge >= 0.3 is 5.97 Å². The van der Waals surface area contributed by atoms with E-state index in [9.17, 15) is 4.79 Å². The van der Waals surface area contributed by atoms with E-state index in [2.05, 4.69) is 6.92 Å². The summed E-state index contributed by atoms with van der Waals surface area (Å²) in [5, 5.41) is 0. The van der Waals surface area contributed by atoms with E-state index in [1.807, 2.05) is 25.7 Å². The second kappa shape index (κ2) is 7.68. The monoisotopic (exact) mass is 228 g/mol. The summed E-state index contributed by atoms with van der Waals surface area (Å²) in [4.78, 5) is 11.3. The van der Waals surface area contributed by atoms with Crippen LogP contribution in [0.3, 0.4) is 0 Å². The molecule has 0 rings (SSSR count). The van der Waals surface area contributed by atoms with Crippen molar-refractivity contribution >= 4 is 14.3 Å². The fourth-order valence-corrected chi connectivity index (χ4v) is 1.88. The van der Waals surface area contributed by atoms with Gasteiger partial charge in [-0.3, -0.25) is 0 Å². The average Bonchev–Trinajstić information content (AvgIpc) is 2.08. The molecule has 0 saturated heterocycles. The lowest BCUT2D eigenvalue weighted by Gasteiger charge is -2.15. The lowest BCUT2D eigenvalue weighted by atomic mass is 10.1. The molecule has 0 aromatic carbocycles. The lowest BCUT2D eigenvalue weighted by molar-refractivity contribution is -0.129. The smallest absolute Gasteiger partial charge is 0.317 e. The van der Waals surface area contributed by atoms with Crippen molar-refractivity contribution in [2.45, 2.75) is 58.7 Å². The number of hydrogen-bond donors (Lipinski definition) is 0. The SMILES string of the molecule is CCCCCCC=CC(=O)O[Si](C)(C)C. The van der Waals surface area contributed by atoms with Gasteiger partial charge in [0.1, 0.15) is 0 Å². The minimum absolute atomic E-state index is 0.176. The van der Waals surface area contributed by atoms with Gasteiger partial charge in [0.2, 0.25) is 8.32 Å². The molecule has 0 unspecified atom stereocenters. The Morgan fingerprint density at radius 2 is 1.87 bits per heavy atom. The average molecular weight is 228 g/mol. The highest BCUT2D eigenvalue weighted by atomic mass is 28.4. The fourth-order valence-electron chi connectivity index (χ4n) is 1.20. The zero-order valence-electron chi connectivity index (χ0n) is 10.5. The maximum absolute atomic E-state index is 11.3. The van der Waals surface area contributed by atoms with Gasteiger partial charge < -0.3 is 4.43 Å². The summed E-state index contributed by atoms with van der Waals surface area (Å²) < 4.78 is 5.28. The number of allylic oxidation sites excluding steroid dienone is 1. The van der Waals surface area contributed by atoms with Crippen molar-refractivity contribution in [2.75, 3.05) is 0 Å². The summed E-state index contributed by atoms with van der Waals surface area (Å²) in [6, 6.07) is 0. The number of carbonyl (C=O) groups is 1. The van der Waals surface area contributed by atoms with E-state index in [0.29, 0.717) is 0 Å². The first-order chi connectivity index (χ1) is 6.95. The Labute approximate surface area is 94.8 Å². The Balaban J connectivity index is 3.55. The Kier molecular flexibility index (Phi) is 7.39. The fraction of sp³-hybridized carbons (Fsp3) is 0.750. The second-order valence-electron chi connectivity index (χ2n) is 4.79. The molecule has 0 atom stereocenters. The molecule has 15 heavy (non-hydrogen) atoms. The molecule has 0 aromatic heterocycles. The van der Waals surface area contributed by atoms with Gasteiger partial charge in [0.15, 0.2) is 0 Å². The highest BCUT2D eigenvalue weighted by molar-refractivity contribution is 6.71. The van der Waals surface area contributed by atoms with E-state index in [0.717, 1.165) is 6.42 Å². The minimum Gasteiger partial charge on any atom is -0.517 e. The topological polar surface area (TPSA) is 26.3 Å². The second-order valence-corrected chi connectivity index (χ2v) is 9.21. The van der Waals surface area contributed by atoms with Crippen LogP contribution in [-0.2, 0) is 9.22 Å². The summed E-state index contributed by atoms with van der Waals surface area (Å²) in [5.74, 6) is -0.176. The zero-order chi connectivity index (χ0) is 11.7. The number of unbranched alkanes of at least 4 members (excludes halogenated alkanes) is 4. The minimum atomic E-state index is -1.70. The van der Waals surface area contributed by atoms with Gasteiger partial charge in [0.25, 0.3) is 0 Å². The summed E-state index contributed by atoms with van der Waals surface area (Å²) in [6.45, 7) is 8.24. The van der Waals surface area contributed by atoms with Crippen molar-refractivity contribution in [1.29, 1.82) is 0 Å². The summed E-state index contributed by atoms with van der Waals surface area (Å²) >= 11 is 0. The quantitative estimate of drug-likeness (QED) is 0.375. The lowest BCUT2D eigenvalue weighted by Crippen LogP contribution is -2.28. The number of hydrogen-bond acceptors (Lipinski definition) is 2. The van der Waals surface area contributed by atoms with Crippen LogP contribution in [-0.4, -0.2) is 14.3 Å². The Morgan fingerprint density at radius 3 is 2.40 bits per heavy atom. The third-order valence-electron chi connectivity index (χ3n) is 1.89. The highest BCUT2D eigenvalue weighted by Crippen LogP contribution is 2.05. The molecule has 2 nitrogen and oxygen atoms in total. The van der Waals surface area contributed by atoms with Crippen molar-refractivity contribution in [3.63, 3.8) is 0 Å². The van der Waals surface area contributed by atoms with Crippen LogP contribution in [0.2, 0.25) is 19.6 Å². The first-order valence-electron chi connectivity index (χ1n) is 5.85. The predicted octanol–water partition coefficient (Wildman–Crippen LogP) is 3.89. The highest BCUT2D eigenvalue weighted by Gasteiger charge is 2.17. The van der Waals surface area contributed by atoms with Gasteiger partial charge in [-0.15, -0.1) is 0 Å². The summed E-state index contributed by atoms with van der Waals surface area (Å²) in [7, 11) is -1.70. The van der Waals surface area contributed by atoms with Gasteiger partial charge in [-0.25, -0.2) is 4.79 Å². The molecule has 88 valence electrons. The largest absolute Gasteiger partial charge is 0.517 e. The van der Waals surface area contributed by atoms with Gasteiger partial charge in [-0.2, -0.15) is 0 Å². The number of rotatable bonds is 7. The Bertz CT molecular complexity index is 204. The van der Waals surface area contributed by atoms with Crippen molar-refractivity contribution in [1.82, 2.24) is 0 Å². The van der Waals surface area contributed by atoms with Crippen LogP contribution in [0, 0.1) is 0 Å². The van der Waals surface area contributed by atoms with E-state index in [-0.39, 0.29) is 5.97 Å². The van der Waals surface area contributed by atoms with E-state index < -0.39 is 8.32 Å². The first kappa shape index (κ1) is 14.4. The standard InChI is InChI=1S/C12H24O2Si/c1-5-6-7-8-9-10-11-12(13)14-15(2,3)4/h10-11H,5-9H2,1-4H3. The van der Waals surface area contributed by atoms with Crippen LogP contribution >= 0.6 is 0 Å². The molecule has 0 amide bonds. The molecule has 3 heteroatoms. The van der Waals surface area contributed by atoms with Crippen LogP contribution < -0.4 is 0 Å². The molecule has 0 saturated carbocycles. The van der Waals surface area contributed by atoms with Crippen molar-refractivity contribution in [2.24, 2.45) is 0 Å². The van der Waals surface area contributed by atoms with Gasteiger partial charge in [-0.1, -0.05) is 32.3 Å². The zero-order valence-corrected chi connectivity index (χ0v) is 11.5. The van der Waals surface area contributed by atoms with Crippen LogP contribution in [0.5, 0.6) is 0 Å². The van der Waals surface area contributed by atoms with Gasteiger partial charge in [0.05, 0.1) is 0 Å². The third-order valence-corrected chi connectivity index (χ3v) is 2.70. The predicted molar refractivity (Wildman–Crippen MR) is 67.3 cm³/mol. The Morgan fingerprint density at radius 1 is 1.20 bits per heavy atom. The molecule has 0 bridgehead atoms. The molecule has 0 N–H and O–H groups in total. The first-order valence-corrected chi connectivity index (χ1v) is 9.26. The van der Waals surface area contributed by atoms with E-state index in [1.54, 1.807) is 6.08 Å². The van der Waals surface area contributed by atoms with E-state index >= 15 is 0 Å². The molecular weight excluding hydrogens is 204 g/mol. The molecule has 0 radical (unpaired) electrons. The summed E-state index contributed by atoms with van der Waals surface area (Å²) in [5.41, 5.74) is 0. The van der Waals surface area contributed by atoms with Crippen molar-refractivity contribution in [3.05, 3.63) is 12.2 Å². The van der Waals surface area contributed by atoms with E-state index in [4.69, 9.17) is 4.43 Å². The molecule has 0 aliphatic carbocycles. The summed E-state index contributed by atoms with van der Waals surface area (Å²) in [6.07, 6.45) is 9.45. The molecule has 0 fully saturated rings. The number of carbonyl (C=O) groups excluding carboxylic acids is 1. The van der Waals surface area contributed by atoms with Crippen LogP contribution in [0.15, 0.2) is 12.2 Å². The molecular formula is C12H24O2Si. The Hall–Kier alpha value is -0.573. The van der Waals surface area contributed by atoms with Gasteiger partial charge in [0, 0.05) is 6.08 Å². The molecule has 0 aliphatic rings. The van der Waals surface area contributed by atoms with Gasteiger partial charge in [-0.05, 0) is 32.5 Å². The van der Waals surface area contributed by atoms with E-state index in [1.165, 1.54) is 25.7 Å². The van der Waals surface area contributed by atoms with Crippen molar-refractivity contribution in [3.8, 4) is 0 Å². The van der Waals surface area contributed by atoms with Crippen LogP contribution in [0.1, 0.15) is 39.0 Å². The maximum Gasteiger partial charge on any atom is 0.317 e. The molecule has 0 aromatic rings. The molecule has 0 spiro atoms. The van der Waals surface area contributed by atoms with Crippen LogP contribution in [0.4, 0.5) is 0 Å².